The highest BCUT2D eigenvalue weighted by Crippen LogP contribution is 2.23. The third-order valence-corrected chi connectivity index (χ3v) is 3.45. The molecule has 1 aromatic rings. The Kier molecular flexibility index (Phi) is 5.15. The minimum absolute atomic E-state index is 0.119. The van der Waals surface area contributed by atoms with E-state index in [0.717, 1.165) is 25.7 Å². The summed E-state index contributed by atoms with van der Waals surface area (Å²) in [6.45, 7) is 1.87. The number of amides is 1. The standard InChI is InChI=1S/C14H21N3O3/c1-3-12(18)16-10-4-6-11(7-5-10)20-14-9-15-8-13(17-14)19-2/h8-11H,3-7H2,1-2H3,(H,16,18). The lowest BCUT2D eigenvalue weighted by Crippen LogP contribution is -2.39. The van der Waals surface area contributed by atoms with Gasteiger partial charge in [-0.2, -0.15) is 4.98 Å². The van der Waals surface area contributed by atoms with E-state index in [1.807, 2.05) is 6.92 Å². The molecule has 1 aromatic heterocycles. The van der Waals surface area contributed by atoms with Gasteiger partial charge in [-0.05, 0) is 25.7 Å². The normalized spacial score (nSPS) is 22.1. The molecule has 1 saturated carbocycles. The van der Waals surface area contributed by atoms with Crippen molar-refractivity contribution >= 4 is 5.91 Å². The summed E-state index contributed by atoms with van der Waals surface area (Å²) in [5.41, 5.74) is 0. The van der Waals surface area contributed by atoms with E-state index in [9.17, 15) is 4.79 Å². The monoisotopic (exact) mass is 279 g/mol. The van der Waals surface area contributed by atoms with E-state index >= 15 is 0 Å². The number of carbonyl (C=O) groups is 1. The molecule has 1 amide bonds. The van der Waals surface area contributed by atoms with Crippen LogP contribution in [0.2, 0.25) is 0 Å². The van der Waals surface area contributed by atoms with Crippen molar-refractivity contribution in [2.24, 2.45) is 0 Å². The summed E-state index contributed by atoms with van der Waals surface area (Å²) in [4.78, 5) is 19.6. The fourth-order valence-electron chi connectivity index (χ4n) is 2.31. The zero-order valence-corrected chi connectivity index (χ0v) is 12.0. The number of aromatic nitrogens is 2. The zero-order valence-electron chi connectivity index (χ0n) is 12.0. The van der Waals surface area contributed by atoms with Crippen LogP contribution in [0, 0.1) is 0 Å². The summed E-state index contributed by atoms with van der Waals surface area (Å²) in [5, 5.41) is 3.03. The molecule has 1 fully saturated rings. The Morgan fingerprint density at radius 1 is 1.30 bits per heavy atom. The van der Waals surface area contributed by atoms with Crippen LogP contribution in [0.4, 0.5) is 0 Å². The van der Waals surface area contributed by atoms with Crippen LogP contribution < -0.4 is 14.8 Å². The molecule has 0 radical (unpaired) electrons. The molecule has 0 aromatic carbocycles. The van der Waals surface area contributed by atoms with Crippen molar-refractivity contribution in [3.8, 4) is 11.8 Å². The van der Waals surface area contributed by atoms with Gasteiger partial charge >= 0.3 is 0 Å². The van der Waals surface area contributed by atoms with Crippen molar-refractivity contribution < 1.29 is 14.3 Å². The van der Waals surface area contributed by atoms with Crippen LogP contribution in [0.5, 0.6) is 11.8 Å². The molecule has 110 valence electrons. The van der Waals surface area contributed by atoms with Gasteiger partial charge in [-0.3, -0.25) is 9.78 Å². The highest BCUT2D eigenvalue weighted by Gasteiger charge is 2.23. The van der Waals surface area contributed by atoms with Crippen molar-refractivity contribution in [1.82, 2.24) is 15.3 Å². The van der Waals surface area contributed by atoms with Gasteiger partial charge in [0.15, 0.2) is 0 Å². The van der Waals surface area contributed by atoms with E-state index in [4.69, 9.17) is 9.47 Å². The average Bonchev–Trinajstić information content (AvgIpc) is 2.49. The summed E-state index contributed by atoms with van der Waals surface area (Å²) < 4.78 is 10.8. The van der Waals surface area contributed by atoms with E-state index in [2.05, 4.69) is 15.3 Å². The fraction of sp³-hybridized carbons (Fsp3) is 0.643. The summed E-state index contributed by atoms with van der Waals surface area (Å²) in [6, 6.07) is 0.277. The van der Waals surface area contributed by atoms with E-state index in [0.29, 0.717) is 18.2 Å². The number of carbonyl (C=O) groups excluding carboxylic acids is 1. The Morgan fingerprint density at radius 3 is 2.65 bits per heavy atom. The van der Waals surface area contributed by atoms with Crippen molar-refractivity contribution in [2.75, 3.05) is 7.11 Å². The van der Waals surface area contributed by atoms with E-state index in [1.54, 1.807) is 19.5 Å². The molecule has 0 aliphatic heterocycles. The SMILES string of the molecule is CCC(=O)NC1CCC(Oc2cncc(OC)n2)CC1. The number of methoxy groups -OCH3 is 1. The van der Waals surface area contributed by atoms with Gasteiger partial charge in [-0.25, -0.2) is 0 Å². The van der Waals surface area contributed by atoms with E-state index < -0.39 is 0 Å². The Balaban J connectivity index is 1.80. The third kappa shape index (κ3) is 4.08. The van der Waals surface area contributed by atoms with Gasteiger partial charge in [-0.1, -0.05) is 6.92 Å². The van der Waals surface area contributed by atoms with Gasteiger partial charge in [0, 0.05) is 12.5 Å². The Bertz CT molecular complexity index is 445. The predicted molar refractivity (Wildman–Crippen MR) is 73.7 cm³/mol. The van der Waals surface area contributed by atoms with Crippen LogP contribution in [-0.4, -0.2) is 35.1 Å². The van der Waals surface area contributed by atoms with Crippen LogP contribution in [0.3, 0.4) is 0 Å². The highest BCUT2D eigenvalue weighted by atomic mass is 16.5. The topological polar surface area (TPSA) is 73.3 Å². The molecule has 20 heavy (non-hydrogen) atoms. The summed E-state index contributed by atoms with van der Waals surface area (Å²) in [7, 11) is 1.55. The second-order valence-electron chi connectivity index (χ2n) is 4.91. The fourth-order valence-corrected chi connectivity index (χ4v) is 2.31. The highest BCUT2D eigenvalue weighted by molar-refractivity contribution is 5.75. The van der Waals surface area contributed by atoms with Gasteiger partial charge in [0.25, 0.3) is 0 Å². The lowest BCUT2D eigenvalue weighted by molar-refractivity contribution is -0.121. The predicted octanol–water partition coefficient (Wildman–Crippen LogP) is 1.70. The van der Waals surface area contributed by atoms with Gasteiger partial charge in [0.1, 0.15) is 6.10 Å². The smallest absolute Gasteiger partial charge is 0.235 e. The maximum Gasteiger partial charge on any atom is 0.235 e. The molecule has 0 saturated heterocycles. The van der Waals surface area contributed by atoms with Crippen molar-refractivity contribution in [2.45, 2.75) is 51.2 Å². The minimum atomic E-state index is 0.119. The quantitative estimate of drug-likeness (QED) is 0.888. The largest absolute Gasteiger partial charge is 0.480 e. The third-order valence-electron chi connectivity index (χ3n) is 3.45. The second-order valence-corrected chi connectivity index (χ2v) is 4.91. The number of hydrogen-bond donors (Lipinski definition) is 1. The molecule has 1 aliphatic carbocycles. The Morgan fingerprint density at radius 2 is 2.00 bits per heavy atom. The molecule has 0 atom stereocenters. The molecule has 1 aliphatic rings. The lowest BCUT2D eigenvalue weighted by Gasteiger charge is -2.29. The van der Waals surface area contributed by atoms with Crippen LogP contribution in [0.1, 0.15) is 39.0 Å². The molecular weight excluding hydrogens is 258 g/mol. The summed E-state index contributed by atoms with van der Waals surface area (Å²) in [6.07, 6.45) is 7.50. The molecule has 6 nitrogen and oxygen atoms in total. The first-order chi connectivity index (χ1) is 9.71. The van der Waals surface area contributed by atoms with E-state index in [1.165, 1.54) is 0 Å². The molecule has 0 spiro atoms. The van der Waals surface area contributed by atoms with Crippen LogP contribution in [0.25, 0.3) is 0 Å². The molecular formula is C14H21N3O3. The van der Waals surface area contributed by atoms with Crippen molar-refractivity contribution in [3.63, 3.8) is 0 Å². The number of ether oxygens (including phenoxy) is 2. The maximum absolute atomic E-state index is 11.3. The van der Waals surface area contributed by atoms with Gasteiger partial charge in [-0.15, -0.1) is 0 Å². The first-order valence-electron chi connectivity index (χ1n) is 7.03. The molecule has 2 rings (SSSR count). The second kappa shape index (κ2) is 7.07. The first kappa shape index (κ1) is 14.6. The average molecular weight is 279 g/mol. The Labute approximate surface area is 118 Å². The van der Waals surface area contributed by atoms with Gasteiger partial charge in [0.2, 0.25) is 17.7 Å². The maximum atomic E-state index is 11.3. The summed E-state index contributed by atoms with van der Waals surface area (Å²) in [5.74, 6) is 1.06. The number of hydrogen-bond acceptors (Lipinski definition) is 5. The minimum Gasteiger partial charge on any atom is -0.480 e. The zero-order chi connectivity index (χ0) is 14.4. The van der Waals surface area contributed by atoms with E-state index in [-0.39, 0.29) is 18.1 Å². The molecule has 1 N–H and O–H groups in total. The number of nitrogens with zero attached hydrogens (tertiary/aromatic N) is 2. The molecule has 0 unspecified atom stereocenters. The number of nitrogens with one attached hydrogen (secondary N) is 1. The van der Waals surface area contributed by atoms with Gasteiger partial charge < -0.3 is 14.8 Å². The first-order valence-corrected chi connectivity index (χ1v) is 7.03. The van der Waals surface area contributed by atoms with Crippen molar-refractivity contribution in [1.29, 1.82) is 0 Å². The number of rotatable bonds is 5. The van der Waals surface area contributed by atoms with Crippen molar-refractivity contribution in [3.05, 3.63) is 12.4 Å². The summed E-state index contributed by atoms with van der Waals surface area (Å²) >= 11 is 0. The van der Waals surface area contributed by atoms with Crippen LogP contribution in [-0.2, 0) is 4.79 Å². The lowest BCUT2D eigenvalue weighted by atomic mass is 9.93. The molecule has 6 heteroatoms. The van der Waals surface area contributed by atoms with Crippen LogP contribution in [0.15, 0.2) is 12.4 Å². The van der Waals surface area contributed by atoms with Crippen LogP contribution >= 0.6 is 0 Å². The van der Waals surface area contributed by atoms with Gasteiger partial charge in [0.05, 0.1) is 19.5 Å². The Hall–Kier alpha value is -1.85. The molecule has 1 heterocycles. The molecule has 0 bridgehead atoms.